The monoisotopic (exact) mass is 203 g/mol. The summed E-state index contributed by atoms with van der Waals surface area (Å²) in [6.07, 6.45) is 5.84. The Morgan fingerprint density at radius 2 is 2.00 bits per heavy atom. The Morgan fingerprint density at radius 1 is 1.50 bits per heavy atom. The third kappa shape index (κ3) is 22.6. The van der Waals surface area contributed by atoms with E-state index in [4.69, 9.17) is 9.90 Å². The van der Waals surface area contributed by atoms with Gasteiger partial charge in [-0.25, -0.2) is 0 Å². The molecule has 0 saturated heterocycles. The van der Waals surface area contributed by atoms with Gasteiger partial charge in [-0.15, -0.1) is 0 Å². The smallest absolute Gasteiger partial charge is 0.316 e. The molecule has 0 amide bonds. The van der Waals surface area contributed by atoms with Gasteiger partial charge in [0, 0.05) is 13.1 Å². The van der Waals surface area contributed by atoms with Gasteiger partial charge in [-0.05, 0) is 23.4 Å². The van der Waals surface area contributed by atoms with E-state index in [9.17, 15) is 0 Å². The molecular weight excluding hydrogens is 190 g/mol. The molecule has 0 aromatic rings. The first-order valence-electron chi connectivity index (χ1n) is 2.66. The van der Waals surface area contributed by atoms with Gasteiger partial charge in [0.15, 0.2) is 0 Å². The van der Waals surface area contributed by atoms with Crippen LogP contribution in [0.3, 0.4) is 0 Å². The molecule has 6 heteroatoms. The lowest BCUT2D eigenvalue weighted by molar-refractivity contribution is -0.134. The predicted octanol–water partition coefficient (Wildman–Crippen LogP) is -0.385. The fourth-order valence-corrected chi connectivity index (χ4v) is 0.663. The van der Waals surface area contributed by atoms with Crippen molar-refractivity contribution in [3.05, 3.63) is 23.8 Å². The van der Waals surface area contributed by atoms with E-state index in [1.54, 1.807) is 11.9 Å². The quantitative estimate of drug-likeness (QED) is 0.415. The van der Waals surface area contributed by atoms with Crippen LogP contribution >= 0.6 is 11.9 Å². The van der Waals surface area contributed by atoms with Crippen molar-refractivity contribution in [2.75, 3.05) is 0 Å². The van der Waals surface area contributed by atoms with E-state index in [0.29, 0.717) is 0 Å². The zero-order valence-corrected chi connectivity index (χ0v) is 6.89. The van der Waals surface area contributed by atoms with E-state index in [1.807, 2.05) is 23.8 Å². The summed E-state index contributed by atoms with van der Waals surface area (Å²) in [5, 5.41) is 9.40. The van der Waals surface area contributed by atoms with Crippen molar-refractivity contribution in [3.63, 3.8) is 0 Å². The van der Waals surface area contributed by atoms with Gasteiger partial charge in [0.05, 0.1) is 0 Å². The van der Waals surface area contributed by atoms with Crippen LogP contribution in [-0.2, 0) is 4.79 Å². The molecule has 4 N–H and O–H groups in total. The van der Waals surface area contributed by atoms with E-state index >= 15 is 0 Å². The Bertz CT molecular complexity index is 145. The zero-order valence-electron chi connectivity index (χ0n) is 6.07. The van der Waals surface area contributed by atoms with Crippen LogP contribution in [-0.4, -0.2) is 39.6 Å². The average Bonchev–Trinajstić information content (AvgIpc) is 1.90. The second kappa shape index (κ2) is 13.4. The number of carboxylic acids is 1. The third-order valence-corrected chi connectivity index (χ3v) is 1.06. The second-order valence-electron chi connectivity index (χ2n) is 1.44. The van der Waals surface area contributed by atoms with Crippen LogP contribution in [0, 0.1) is 0 Å². The van der Waals surface area contributed by atoms with Crippen molar-refractivity contribution in [2.45, 2.75) is 6.92 Å². The number of rotatable bonds is 0. The van der Waals surface area contributed by atoms with Crippen molar-refractivity contribution >= 4 is 41.0 Å². The number of carbonyl (C=O) groups is 1. The number of aliphatic carboxylic acids is 1. The summed E-state index contributed by atoms with van der Waals surface area (Å²) < 4.78 is 2.93. The van der Waals surface area contributed by atoms with Gasteiger partial charge in [0.25, 0.3) is 5.97 Å². The largest absolute Gasteiger partial charge is 0.481 e. The third-order valence-electron chi connectivity index (χ3n) is 0.490. The minimum absolute atomic E-state index is 0. The topological polar surface area (TPSA) is 80.8 Å². The Morgan fingerprint density at radius 3 is 2.08 bits per heavy atom. The van der Waals surface area contributed by atoms with Crippen LogP contribution in [0.2, 0.25) is 0 Å². The van der Waals surface area contributed by atoms with E-state index in [-0.39, 0.29) is 28.5 Å². The summed E-state index contributed by atoms with van der Waals surface area (Å²) in [6.45, 7) is 1.08. The van der Waals surface area contributed by atoms with E-state index in [1.165, 1.54) is 0 Å². The lowest BCUT2D eigenvalue weighted by Gasteiger charge is -1.93. The molecule has 0 atom stereocenters. The van der Waals surface area contributed by atoms with Gasteiger partial charge in [-0.2, -0.15) is 0 Å². The molecule has 0 fully saturated rings. The van der Waals surface area contributed by atoms with Crippen LogP contribution in [0.5, 0.6) is 0 Å². The first kappa shape index (κ1) is 17.8. The van der Waals surface area contributed by atoms with E-state index in [2.05, 4.69) is 4.72 Å². The summed E-state index contributed by atoms with van der Waals surface area (Å²) >= 11 is 1.58. The maximum atomic E-state index is 9.00. The highest BCUT2D eigenvalue weighted by atomic mass is 32.2. The number of hydrogen-bond donors (Lipinski definition) is 2. The summed E-state index contributed by atoms with van der Waals surface area (Å²) in [5.74, 6) is -0.833. The lowest BCUT2D eigenvalue weighted by atomic mass is 10.6. The molecule has 0 unspecified atom stereocenters. The Balaban J connectivity index is -0.000000124. The van der Waals surface area contributed by atoms with Crippen molar-refractivity contribution in [1.82, 2.24) is 4.72 Å². The zero-order chi connectivity index (χ0) is 7.82. The summed E-state index contributed by atoms with van der Waals surface area (Å²) in [4.78, 5) is 9.00. The van der Waals surface area contributed by atoms with Gasteiger partial charge in [-0.3, -0.25) is 4.79 Å². The molecule has 0 saturated carbocycles. The van der Waals surface area contributed by atoms with Crippen LogP contribution in [0.15, 0.2) is 23.8 Å². The SMILES string of the molecule is C1=CNSC=C1.CC(=O)O.O.[MgH2]. The molecule has 0 spiro atoms. The number of hydrogen-bond acceptors (Lipinski definition) is 3. The normalized spacial score (nSPS) is 10.8. The molecule has 0 radical (unpaired) electrons. The molecular formula is C6H13MgNO3S. The summed E-state index contributed by atoms with van der Waals surface area (Å²) in [6, 6.07) is 0. The maximum Gasteiger partial charge on any atom is 0.316 e. The maximum absolute atomic E-state index is 9.00. The van der Waals surface area contributed by atoms with Crippen molar-refractivity contribution in [2.24, 2.45) is 0 Å². The number of allylic oxidation sites excluding steroid dienone is 2. The highest BCUT2D eigenvalue weighted by Gasteiger charge is 1.74. The minimum Gasteiger partial charge on any atom is -0.481 e. The summed E-state index contributed by atoms with van der Waals surface area (Å²) in [7, 11) is 0. The molecule has 0 aliphatic carbocycles. The molecule has 0 aromatic heterocycles. The van der Waals surface area contributed by atoms with Crippen LogP contribution < -0.4 is 4.72 Å². The van der Waals surface area contributed by atoms with E-state index < -0.39 is 5.97 Å². The molecule has 1 heterocycles. The van der Waals surface area contributed by atoms with Gasteiger partial charge in [0.1, 0.15) is 0 Å². The molecule has 4 nitrogen and oxygen atoms in total. The molecule has 1 aliphatic rings. The Hall–Kier alpha value is -0.174. The minimum atomic E-state index is -0.833. The Kier molecular flexibility index (Phi) is 19.9. The molecule has 1 aliphatic heterocycles. The van der Waals surface area contributed by atoms with Gasteiger partial charge in [0.2, 0.25) is 0 Å². The van der Waals surface area contributed by atoms with Crippen molar-refractivity contribution in [3.8, 4) is 0 Å². The number of carboxylic acid groups (broad SMARTS) is 1. The highest BCUT2D eigenvalue weighted by molar-refractivity contribution is 8.00. The number of nitrogens with one attached hydrogen (secondary N) is 1. The summed E-state index contributed by atoms with van der Waals surface area (Å²) in [5.41, 5.74) is 0. The van der Waals surface area contributed by atoms with Gasteiger partial charge >= 0.3 is 23.1 Å². The van der Waals surface area contributed by atoms with Crippen LogP contribution in [0.1, 0.15) is 6.92 Å². The van der Waals surface area contributed by atoms with Gasteiger partial charge < -0.3 is 15.3 Å². The first-order chi connectivity index (χ1) is 4.73. The standard InChI is InChI=1S/C4H5NS.C2H4O2.Mg.H2O.2H/c1-2-4-6-5-3-1;1-2(3)4;;;;/h1-5H;1H3,(H,3,4);;1H2;;. The van der Waals surface area contributed by atoms with Crippen molar-refractivity contribution in [1.29, 1.82) is 0 Å². The van der Waals surface area contributed by atoms with E-state index in [0.717, 1.165) is 6.92 Å². The molecule has 0 aromatic carbocycles. The molecule has 12 heavy (non-hydrogen) atoms. The van der Waals surface area contributed by atoms with Crippen molar-refractivity contribution < 1.29 is 15.4 Å². The molecule has 0 bridgehead atoms. The lowest BCUT2D eigenvalue weighted by Crippen LogP contribution is -1.88. The second-order valence-corrected chi connectivity index (χ2v) is 2.19. The fourth-order valence-electron chi connectivity index (χ4n) is 0.258. The Labute approximate surface area is 91.7 Å². The first-order valence-corrected chi connectivity index (χ1v) is 3.54. The average molecular weight is 204 g/mol. The van der Waals surface area contributed by atoms with Gasteiger partial charge in [-0.1, -0.05) is 6.08 Å². The van der Waals surface area contributed by atoms with Crippen LogP contribution in [0.4, 0.5) is 0 Å². The highest BCUT2D eigenvalue weighted by Crippen LogP contribution is 1.98. The molecule has 68 valence electrons. The van der Waals surface area contributed by atoms with Crippen LogP contribution in [0.25, 0.3) is 0 Å². The predicted molar refractivity (Wildman–Crippen MR) is 54.5 cm³/mol. The fraction of sp³-hybridized carbons (Fsp3) is 0.167. The molecule has 1 rings (SSSR count).